The molecule has 3 aliphatic rings. The first kappa shape index (κ1) is 17.4. The summed E-state index contributed by atoms with van der Waals surface area (Å²) in [4.78, 5) is 24.7. The smallest absolute Gasteiger partial charge is 0.227 e. The molecule has 0 bridgehead atoms. The summed E-state index contributed by atoms with van der Waals surface area (Å²) in [5.74, 6) is 1.33. The molecule has 2 amide bonds. The summed E-state index contributed by atoms with van der Waals surface area (Å²) in [6.07, 6.45) is 8.73. The molecule has 26 heavy (non-hydrogen) atoms. The monoisotopic (exact) mass is 356 g/mol. The largest absolute Gasteiger partial charge is 0.495 e. The number of rotatable bonds is 5. The van der Waals surface area contributed by atoms with Crippen molar-refractivity contribution in [3.63, 3.8) is 0 Å². The summed E-state index contributed by atoms with van der Waals surface area (Å²) in [5.41, 5.74) is 3.44. The molecule has 2 saturated carbocycles. The Kier molecular flexibility index (Phi) is 4.88. The Morgan fingerprint density at radius 2 is 1.65 bits per heavy atom. The molecule has 2 N–H and O–H groups in total. The summed E-state index contributed by atoms with van der Waals surface area (Å²) in [6.45, 7) is 0. The van der Waals surface area contributed by atoms with Crippen molar-refractivity contribution in [1.82, 2.24) is 5.32 Å². The van der Waals surface area contributed by atoms with Gasteiger partial charge in [0, 0.05) is 17.9 Å². The summed E-state index contributed by atoms with van der Waals surface area (Å²) >= 11 is 0. The van der Waals surface area contributed by atoms with Crippen LogP contribution in [0.2, 0.25) is 0 Å². The van der Waals surface area contributed by atoms with Crippen LogP contribution in [0.25, 0.3) is 0 Å². The molecule has 0 radical (unpaired) electrons. The van der Waals surface area contributed by atoms with Gasteiger partial charge in [-0.3, -0.25) is 9.59 Å². The molecule has 1 aromatic carbocycles. The van der Waals surface area contributed by atoms with Gasteiger partial charge in [-0.05, 0) is 75.0 Å². The highest BCUT2D eigenvalue weighted by atomic mass is 16.5. The van der Waals surface area contributed by atoms with E-state index in [0.717, 1.165) is 69.2 Å². The van der Waals surface area contributed by atoms with Crippen LogP contribution in [0.1, 0.15) is 56.1 Å². The Morgan fingerprint density at radius 3 is 2.35 bits per heavy atom. The van der Waals surface area contributed by atoms with E-state index in [2.05, 4.69) is 16.7 Å². The minimum Gasteiger partial charge on any atom is -0.495 e. The van der Waals surface area contributed by atoms with E-state index in [-0.39, 0.29) is 29.7 Å². The van der Waals surface area contributed by atoms with Gasteiger partial charge in [0.25, 0.3) is 0 Å². The molecule has 3 aliphatic carbocycles. The first-order valence-corrected chi connectivity index (χ1v) is 9.95. The Hall–Kier alpha value is -2.04. The second-order valence-corrected chi connectivity index (χ2v) is 7.95. The van der Waals surface area contributed by atoms with Crippen LogP contribution < -0.4 is 15.4 Å². The lowest BCUT2D eigenvalue weighted by atomic mass is 9.85. The first-order valence-electron chi connectivity index (χ1n) is 9.95. The van der Waals surface area contributed by atoms with E-state index in [9.17, 15) is 9.59 Å². The zero-order valence-corrected chi connectivity index (χ0v) is 15.5. The molecule has 0 aliphatic heterocycles. The molecule has 0 spiro atoms. The third-order valence-corrected chi connectivity index (χ3v) is 6.11. The highest BCUT2D eigenvalue weighted by Crippen LogP contribution is 2.37. The number of anilines is 1. The van der Waals surface area contributed by atoms with E-state index in [4.69, 9.17) is 4.74 Å². The Balaban J connectivity index is 1.36. The number of amides is 2. The lowest BCUT2D eigenvalue weighted by molar-refractivity contribution is -0.123. The van der Waals surface area contributed by atoms with Gasteiger partial charge in [-0.2, -0.15) is 0 Å². The number of aryl methyl sites for hydroxylation is 1. The van der Waals surface area contributed by atoms with Crippen molar-refractivity contribution >= 4 is 17.5 Å². The Morgan fingerprint density at radius 1 is 0.962 bits per heavy atom. The number of hydrogen-bond acceptors (Lipinski definition) is 3. The third-order valence-electron chi connectivity index (χ3n) is 6.11. The van der Waals surface area contributed by atoms with Crippen LogP contribution in [-0.2, 0) is 22.4 Å². The fraction of sp³-hybridized carbons (Fsp3) is 0.619. The molecule has 5 nitrogen and oxygen atoms in total. The van der Waals surface area contributed by atoms with Crippen molar-refractivity contribution in [3.05, 3.63) is 23.3 Å². The molecule has 4 rings (SSSR count). The predicted molar refractivity (Wildman–Crippen MR) is 100 cm³/mol. The molecule has 0 unspecified atom stereocenters. The minimum atomic E-state index is 0.0195. The number of nitrogens with one attached hydrogen (secondary N) is 2. The second-order valence-electron chi connectivity index (χ2n) is 7.95. The molecule has 0 heterocycles. The van der Waals surface area contributed by atoms with Gasteiger partial charge in [0.2, 0.25) is 11.8 Å². The van der Waals surface area contributed by atoms with Gasteiger partial charge in [-0.1, -0.05) is 6.07 Å². The van der Waals surface area contributed by atoms with Crippen LogP contribution in [-0.4, -0.2) is 25.0 Å². The molecule has 5 heteroatoms. The van der Waals surface area contributed by atoms with Crippen LogP contribution in [0.4, 0.5) is 5.69 Å². The predicted octanol–water partition coefficient (Wildman–Crippen LogP) is 3.21. The molecule has 1 aromatic rings. The van der Waals surface area contributed by atoms with Crippen molar-refractivity contribution in [2.45, 2.75) is 63.8 Å². The number of methoxy groups -OCH3 is 1. The van der Waals surface area contributed by atoms with Gasteiger partial charge < -0.3 is 15.4 Å². The van der Waals surface area contributed by atoms with Crippen molar-refractivity contribution in [2.75, 3.05) is 12.4 Å². The number of carbonyl (C=O) groups is 2. The Labute approximate surface area is 154 Å². The van der Waals surface area contributed by atoms with E-state index in [0.29, 0.717) is 0 Å². The molecular weight excluding hydrogens is 328 g/mol. The number of benzene rings is 1. The van der Waals surface area contributed by atoms with E-state index >= 15 is 0 Å². The topological polar surface area (TPSA) is 67.4 Å². The highest BCUT2D eigenvalue weighted by Gasteiger charge is 2.33. The lowest BCUT2D eigenvalue weighted by Crippen LogP contribution is -2.40. The zero-order chi connectivity index (χ0) is 18.1. The third kappa shape index (κ3) is 3.57. The molecule has 0 aromatic heterocycles. The molecule has 0 saturated heterocycles. The van der Waals surface area contributed by atoms with Gasteiger partial charge in [0.15, 0.2) is 0 Å². The van der Waals surface area contributed by atoms with E-state index < -0.39 is 0 Å². The normalized spacial score (nSPS) is 24.7. The van der Waals surface area contributed by atoms with Crippen LogP contribution in [0.15, 0.2) is 12.1 Å². The standard InChI is InChI=1S/C21H28N2O3/c1-26-18-12-9-13-3-2-4-17(13)19(18)23-21(25)15-7-10-16(11-8-15)22-20(24)14-5-6-14/h9,12,14-16H,2-8,10-11H2,1H3,(H,22,24)(H,23,25). The maximum absolute atomic E-state index is 12.8. The summed E-state index contributed by atoms with van der Waals surface area (Å²) in [7, 11) is 1.65. The average Bonchev–Trinajstić information content (AvgIpc) is 3.40. The van der Waals surface area contributed by atoms with Gasteiger partial charge in [-0.25, -0.2) is 0 Å². The highest BCUT2D eigenvalue weighted by molar-refractivity contribution is 5.95. The molecule has 0 atom stereocenters. The SMILES string of the molecule is COc1ccc2c(c1NC(=O)C1CCC(NC(=O)C3CC3)CC1)CCC2. The quantitative estimate of drug-likeness (QED) is 0.851. The number of carbonyl (C=O) groups excluding carboxylic acids is 2. The van der Waals surface area contributed by atoms with Gasteiger partial charge >= 0.3 is 0 Å². The van der Waals surface area contributed by atoms with Crippen LogP contribution in [0.3, 0.4) is 0 Å². The zero-order valence-electron chi connectivity index (χ0n) is 15.5. The van der Waals surface area contributed by atoms with Gasteiger partial charge in [-0.15, -0.1) is 0 Å². The fourth-order valence-electron chi connectivity index (χ4n) is 4.34. The van der Waals surface area contributed by atoms with Gasteiger partial charge in [0.1, 0.15) is 5.75 Å². The molecular formula is C21H28N2O3. The van der Waals surface area contributed by atoms with E-state index in [1.165, 1.54) is 11.1 Å². The van der Waals surface area contributed by atoms with Crippen molar-refractivity contribution in [3.8, 4) is 5.75 Å². The fourth-order valence-corrected chi connectivity index (χ4v) is 4.34. The minimum absolute atomic E-state index is 0.0195. The van der Waals surface area contributed by atoms with Crippen molar-refractivity contribution < 1.29 is 14.3 Å². The van der Waals surface area contributed by atoms with E-state index in [1.54, 1.807) is 7.11 Å². The van der Waals surface area contributed by atoms with Crippen LogP contribution >= 0.6 is 0 Å². The number of fused-ring (bicyclic) bond motifs is 1. The number of ether oxygens (including phenoxy) is 1. The maximum atomic E-state index is 12.8. The van der Waals surface area contributed by atoms with Crippen molar-refractivity contribution in [2.24, 2.45) is 11.8 Å². The summed E-state index contributed by atoms with van der Waals surface area (Å²) in [5, 5.41) is 6.32. The van der Waals surface area contributed by atoms with Crippen LogP contribution in [0.5, 0.6) is 5.75 Å². The lowest BCUT2D eigenvalue weighted by Gasteiger charge is -2.29. The summed E-state index contributed by atoms with van der Waals surface area (Å²) < 4.78 is 5.49. The maximum Gasteiger partial charge on any atom is 0.227 e. The molecule has 140 valence electrons. The number of hydrogen-bond donors (Lipinski definition) is 2. The average molecular weight is 356 g/mol. The molecule has 2 fully saturated rings. The first-order chi connectivity index (χ1) is 12.7. The Bertz CT molecular complexity index is 703. The van der Waals surface area contributed by atoms with Crippen LogP contribution in [0, 0.1) is 11.8 Å². The summed E-state index contributed by atoms with van der Waals surface area (Å²) in [6, 6.07) is 4.32. The van der Waals surface area contributed by atoms with Gasteiger partial charge in [0.05, 0.1) is 12.8 Å². The van der Waals surface area contributed by atoms with E-state index in [1.807, 2.05) is 6.07 Å². The van der Waals surface area contributed by atoms with Crippen molar-refractivity contribution in [1.29, 1.82) is 0 Å². The second kappa shape index (κ2) is 7.29.